The normalized spacial score (nSPS) is 16.7. The van der Waals surface area contributed by atoms with Gasteiger partial charge in [-0.15, -0.1) is 0 Å². The van der Waals surface area contributed by atoms with Crippen molar-refractivity contribution in [1.29, 1.82) is 0 Å². The standard InChI is InChI=1S/C21H27N5O5/c1-31-11-10-26-18(22)17(20(29)24-21(26)30)16(27)13-25-9-5-6-14(12-25)19(28)23-15-7-3-2-4-8-15/h2-4,7-8,14H,5-6,9-13,22H2,1H3,(H,23,28)(H,24,29,30)/t14-/m1/s1. The Morgan fingerprint density at radius 2 is 2.00 bits per heavy atom. The van der Waals surface area contributed by atoms with Crippen molar-refractivity contribution in [2.75, 3.05) is 44.4 Å². The number of rotatable bonds is 8. The van der Waals surface area contributed by atoms with Crippen LogP contribution in [0.2, 0.25) is 0 Å². The molecule has 1 aliphatic heterocycles. The van der Waals surface area contributed by atoms with Crippen LogP contribution in [0.15, 0.2) is 39.9 Å². The molecule has 1 fully saturated rings. The molecule has 1 aromatic heterocycles. The summed E-state index contributed by atoms with van der Waals surface area (Å²) in [5.41, 5.74) is 4.96. The Labute approximate surface area is 179 Å². The quantitative estimate of drug-likeness (QED) is 0.513. The third-order valence-electron chi connectivity index (χ3n) is 5.32. The number of benzene rings is 1. The van der Waals surface area contributed by atoms with Crippen LogP contribution in [0.1, 0.15) is 23.2 Å². The van der Waals surface area contributed by atoms with Gasteiger partial charge in [0, 0.05) is 19.3 Å². The summed E-state index contributed by atoms with van der Waals surface area (Å²) >= 11 is 0. The number of likely N-dealkylation sites (tertiary alicyclic amines) is 1. The number of nitrogen functional groups attached to an aromatic ring is 1. The Hall–Kier alpha value is -3.24. The average molecular weight is 429 g/mol. The van der Waals surface area contributed by atoms with Crippen molar-refractivity contribution < 1.29 is 14.3 Å². The highest BCUT2D eigenvalue weighted by atomic mass is 16.5. The maximum Gasteiger partial charge on any atom is 0.330 e. The first-order chi connectivity index (χ1) is 14.9. The number of nitrogens with two attached hydrogens (primary N) is 1. The Kier molecular flexibility index (Phi) is 7.37. The monoisotopic (exact) mass is 429 g/mol. The SMILES string of the molecule is COCCn1c(N)c(C(=O)CN2CCC[C@@H](C(=O)Nc3ccccc3)C2)c(=O)[nH]c1=O. The largest absolute Gasteiger partial charge is 0.384 e. The topological polar surface area (TPSA) is 140 Å². The number of carbonyl (C=O) groups excluding carboxylic acids is 2. The summed E-state index contributed by atoms with van der Waals surface area (Å²) in [6, 6.07) is 9.19. The van der Waals surface area contributed by atoms with E-state index in [4.69, 9.17) is 10.5 Å². The van der Waals surface area contributed by atoms with Crippen molar-refractivity contribution in [1.82, 2.24) is 14.5 Å². The van der Waals surface area contributed by atoms with Crippen molar-refractivity contribution in [3.63, 3.8) is 0 Å². The van der Waals surface area contributed by atoms with Crippen LogP contribution in [0.4, 0.5) is 11.5 Å². The van der Waals surface area contributed by atoms with E-state index in [0.29, 0.717) is 19.5 Å². The molecule has 10 nitrogen and oxygen atoms in total. The first-order valence-corrected chi connectivity index (χ1v) is 10.1. The van der Waals surface area contributed by atoms with Gasteiger partial charge in [-0.2, -0.15) is 0 Å². The van der Waals surface area contributed by atoms with Gasteiger partial charge in [-0.3, -0.25) is 28.8 Å². The van der Waals surface area contributed by atoms with Crippen molar-refractivity contribution >= 4 is 23.2 Å². The summed E-state index contributed by atoms with van der Waals surface area (Å²) in [7, 11) is 1.47. The maximum absolute atomic E-state index is 12.9. The van der Waals surface area contributed by atoms with Crippen LogP contribution in [0, 0.1) is 5.92 Å². The van der Waals surface area contributed by atoms with Crippen LogP contribution >= 0.6 is 0 Å². The molecule has 0 radical (unpaired) electrons. The van der Waals surface area contributed by atoms with Crippen LogP contribution < -0.4 is 22.3 Å². The van der Waals surface area contributed by atoms with Gasteiger partial charge in [0.2, 0.25) is 5.91 Å². The number of H-pyrrole nitrogens is 1. The predicted molar refractivity (Wildman–Crippen MR) is 116 cm³/mol. The number of nitrogens with one attached hydrogen (secondary N) is 2. The van der Waals surface area contributed by atoms with Gasteiger partial charge in [-0.05, 0) is 31.5 Å². The average Bonchev–Trinajstić information content (AvgIpc) is 2.74. The fourth-order valence-electron chi connectivity index (χ4n) is 3.72. The summed E-state index contributed by atoms with van der Waals surface area (Å²) in [5, 5.41) is 2.89. The zero-order valence-corrected chi connectivity index (χ0v) is 17.4. The fraction of sp³-hybridized carbons (Fsp3) is 0.429. The number of amides is 1. The van der Waals surface area contributed by atoms with Gasteiger partial charge in [0.15, 0.2) is 5.78 Å². The minimum atomic E-state index is -0.809. The molecule has 1 atom stereocenters. The van der Waals surface area contributed by atoms with Gasteiger partial charge in [-0.1, -0.05) is 18.2 Å². The van der Waals surface area contributed by atoms with Gasteiger partial charge in [0.05, 0.1) is 25.6 Å². The van der Waals surface area contributed by atoms with Crippen molar-refractivity contribution in [2.45, 2.75) is 19.4 Å². The molecule has 1 aliphatic rings. The second kappa shape index (κ2) is 10.2. The molecule has 1 saturated heterocycles. The molecule has 0 unspecified atom stereocenters. The number of piperidine rings is 1. The summed E-state index contributed by atoms with van der Waals surface area (Å²) in [5.74, 6) is -1.04. The lowest BCUT2D eigenvalue weighted by molar-refractivity contribution is -0.121. The van der Waals surface area contributed by atoms with Crippen LogP contribution in [-0.2, 0) is 16.1 Å². The summed E-state index contributed by atoms with van der Waals surface area (Å²) in [4.78, 5) is 53.7. The summed E-state index contributed by atoms with van der Waals surface area (Å²) in [6.07, 6.45) is 1.47. The number of aromatic amines is 1. The molecule has 0 spiro atoms. The van der Waals surface area contributed by atoms with Gasteiger partial charge in [-0.25, -0.2) is 4.79 Å². The minimum Gasteiger partial charge on any atom is -0.384 e. The first kappa shape index (κ1) is 22.4. The number of methoxy groups -OCH3 is 1. The third kappa shape index (κ3) is 5.47. The van der Waals surface area contributed by atoms with Gasteiger partial charge >= 0.3 is 5.69 Å². The number of para-hydroxylation sites is 1. The van der Waals surface area contributed by atoms with Crippen LogP contribution in [0.3, 0.4) is 0 Å². The van der Waals surface area contributed by atoms with Crippen molar-refractivity contribution in [2.24, 2.45) is 5.92 Å². The highest BCUT2D eigenvalue weighted by Gasteiger charge is 2.28. The van der Waals surface area contributed by atoms with Crippen molar-refractivity contribution in [3.8, 4) is 0 Å². The Morgan fingerprint density at radius 1 is 1.26 bits per heavy atom. The van der Waals surface area contributed by atoms with Crippen LogP contribution in [0.25, 0.3) is 0 Å². The van der Waals surface area contributed by atoms with E-state index in [0.717, 1.165) is 16.7 Å². The number of ketones is 1. The molecule has 3 rings (SSSR count). The first-order valence-electron chi connectivity index (χ1n) is 10.1. The molecule has 0 bridgehead atoms. The van der Waals surface area contributed by atoms with Crippen LogP contribution in [-0.4, -0.2) is 59.5 Å². The number of ether oxygens (including phenoxy) is 1. The molecule has 4 N–H and O–H groups in total. The molecule has 0 saturated carbocycles. The number of Topliss-reactive ketones (excluding diaryl/α,β-unsaturated/α-hetero) is 1. The molecular formula is C21H27N5O5. The number of carbonyl (C=O) groups is 2. The van der Waals surface area contributed by atoms with Gasteiger partial charge in [0.1, 0.15) is 11.4 Å². The molecule has 2 aromatic rings. The second-order valence-electron chi connectivity index (χ2n) is 7.52. The zero-order valence-electron chi connectivity index (χ0n) is 17.4. The Balaban J connectivity index is 1.69. The number of aromatic nitrogens is 2. The highest BCUT2D eigenvalue weighted by molar-refractivity contribution is 6.01. The van der Waals surface area contributed by atoms with E-state index in [2.05, 4.69) is 10.3 Å². The van der Waals surface area contributed by atoms with E-state index in [1.54, 1.807) is 0 Å². The molecule has 1 aromatic carbocycles. The van der Waals surface area contributed by atoms with E-state index >= 15 is 0 Å². The smallest absolute Gasteiger partial charge is 0.330 e. The number of nitrogens with zero attached hydrogens (tertiary/aromatic N) is 2. The molecular weight excluding hydrogens is 402 g/mol. The summed E-state index contributed by atoms with van der Waals surface area (Å²) in [6.45, 7) is 1.27. The zero-order chi connectivity index (χ0) is 22.4. The fourth-order valence-corrected chi connectivity index (χ4v) is 3.72. The molecule has 2 heterocycles. The molecule has 166 valence electrons. The molecule has 1 amide bonds. The van der Waals surface area contributed by atoms with Gasteiger partial charge in [0.25, 0.3) is 5.56 Å². The second-order valence-corrected chi connectivity index (χ2v) is 7.52. The Bertz CT molecular complexity index is 1050. The predicted octanol–water partition coefficient (Wildman–Crippen LogP) is 0.299. The van der Waals surface area contributed by atoms with E-state index in [1.165, 1.54) is 7.11 Å². The van der Waals surface area contributed by atoms with E-state index in [-0.39, 0.29) is 42.9 Å². The van der Waals surface area contributed by atoms with Crippen LogP contribution in [0.5, 0.6) is 0 Å². The lowest BCUT2D eigenvalue weighted by Crippen LogP contribution is -2.44. The lowest BCUT2D eigenvalue weighted by Gasteiger charge is -2.31. The lowest BCUT2D eigenvalue weighted by atomic mass is 9.96. The van der Waals surface area contributed by atoms with E-state index in [1.807, 2.05) is 35.2 Å². The summed E-state index contributed by atoms with van der Waals surface area (Å²) < 4.78 is 6.06. The highest BCUT2D eigenvalue weighted by Crippen LogP contribution is 2.19. The molecule has 10 heteroatoms. The maximum atomic E-state index is 12.9. The van der Waals surface area contributed by atoms with E-state index in [9.17, 15) is 19.2 Å². The van der Waals surface area contributed by atoms with Gasteiger partial charge < -0.3 is 15.8 Å². The molecule has 0 aliphatic carbocycles. The van der Waals surface area contributed by atoms with Crippen molar-refractivity contribution in [3.05, 3.63) is 56.7 Å². The number of hydrogen-bond acceptors (Lipinski definition) is 7. The van der Waals surface area contributed by atoms with E-state index < -0.39 is 17.0 Å². The number of hydrogen-bond donors (Lipinski definition) is 3. The third-order valence-corrected chi connectivity index (χ3v) is 5.32. The minimum absolute atomic E-state index is 0.0646. The Morgan fingerprint density at radius 3 is 2.71 bits per heavy atom. The number of anilines is 2. The molecule has 31 heavy (non-hydrogen) atoms.